The zero-order valence-corrected chi connectivity index (χ0v) is 20.5. The third-order valence-electron chi connectivity index (χ3n) is 5.80. The van der Waals surface area contributed by atoms with Gasteiger partial charge in [-0.1, -0.05) is 0 Å². The average Bonchev–Trinajstić information content (AvgIpc) is 3.00. The fraction of sp³-hybridized carbons (Fsp3) is 0.609. The summed E-state index contributed by atoms with van der Waals surface area (Å²) in [6.45, 7) is 11.4. The van der Waals surface area contributed by atoms with Crippen LogP contribution in [-0.2, 0) is 0 Å². The SMILES string of the molecule is CCC[CH2][Sn]([CH2]CCC)([CH2]CCC)[c]1cccc(-n2c(C)ccc2C)n1. The molecular weight excluding hydrogens is 423 g/mol. The van der Waals surface area contributed by atoms with Crippen LogP contribution in [0.5, 0.6) is 0 Å². The molecule has 0 radical (unpaired) electrons. The van der Waals surface area contributed by atoms with Gasteiger partial charge in [-0.15, -0.1) is 0 Å². The molecule has 0 aliphatic carbocycles. The minimum atomic E-state index is -2.45. The zero-order valence-electron chi connectivity index (χ0n) is 17.6. The summed E-state index contributed by atoms with van der Waals surface area (Å²) >= 11 is -2.45. The molecule has 144 valence electrons. The summed E-state index contributed by atoms with van der Waals surface area (Å²) in [7, 11) is 0. The molecule has 0 atom stereocenters. The number of hydrogen-bond donors (Lipinski definition) is 0. The van der Waals surface area contributed by atoms with E-state index in [9.17, 15) is 0 Å². The molecule has 2 aromatic heterocycles. The summed E-state index contributed by atoms with van der Waals surface area (Å²) in [6, 6.07) is 11.2. The molecule has 0 aliphatic rings. The number of aryl methyl sites for hydroxylation is 2. The first kappa shape index (κ1) is 21.5. The van der Waals surface area contributed by atoms with Gasteiger partial charge in [0.25, 0.3) is 0 Å². The van der Waals surface area contributed by atoms with Crippen molar-refractivity contribution in [2.45, 2.75) is 86.5 Å². The van der Waals surface area contributed by atoms with Crippen LogP contribution in [0.15, 0.2) is 30.3 Å². The Morgan fingerprint density at radius 2 is 1.27 bits per heavy atom. The molecule has 0 amide bonds. The van der Waals surface area contributed by atoms with E-state index in [0.29, 0.717) is 0 Å². The fourth-order valence-corrected chi connectivity index (χ4v) is 19.6. The molecule has 0 aromatic carbocycles. The van der Waals surface area contributed by atoms with E-state index < -0.39 is 18.4 Å². The van der Waals surface area contributed by atoms with Crippen LogP contribution in [0.1, 0.15) is 70.7 Å². The van der Waals surface area contributed by atoms with E-state index in [1.54, 1.807) is 0 Å². The van der Waals surface area contributed by atoms with Gasteiger partial charge in [-0.05, 0) is 0 Å². The van der Waals surface area contributed by atoms with Gasteiger partial charge in [-0.25, -0.2) is 0 Å². The van der Waals surface area contributed by atoms with Crippen molar-refractivity contribution < 1.29 is 0 Å². The van der Waals surface area contributed by atoms with Crippen LogP contribution in [0.25, 0.3) is 5.82 Å². The Morgan fingerprint density at radius 1 is 0.769 bits per heavy atom. The monoisotopic (exact) mass is 462 g/mol. The molecule has 0 fully saturated rings. The Balaban J connectivity index is 2.47. The minimum absolute atomic E-state index is 1.13. The Kier molecular flexibility index (Phi) is 8.72. The molecule has 2 rings (SSSR count). The van der Waals surface area contributed by atoms with E-state index in [1.807, 2.05) is 0 Å². The van der Waals surface area contributed by atoms with Crippen LogP contribution in [-0.4, -0.2) is 27.9 Å². The van der Waals surface area contributed by atoms with Crippen molar-refractivity contribution >= 4 is 22.1 Å². The summed E-state index contributed by atoms with van der Waals surface area (Å²) in [5.74, 6) is 1.13. The van der Waals surface area contributed by atoms with Crippen molar-refractivity contribution in [3.63, 3.8) is 0 Å². The van der Waals surface area contributed by atoms with Gasteiger partial charge in [0, 0.05) is 0 Å². The Labute approximate surface area is 165 Å². The molecule has 2 heterocycles. The number of aromatic nitrogens is 2. The number of unbranched alkanes of at least 4 members (excludes halogenated alkanes) is 3. The maximum absolute atomic E-state index is 5.32. The van der Waals surface area contributed by atoms with Crippen LogP contribution in [0.4, 0.5) is 0 Å². The fourth-order valence-electron chi connectivity index (χ4n) is 4.18. The van der Waals surface area contributed by atoms with Gasteiger partial charge in [0.1, 0.15) is 0 Å². The van der Waals surface area contributed by atoms with E-state index in [-0.39, 0.29) is 0 Å². The molecule has 0 spiro atoms. The van der Waals surface area contributed by atoms with Crippen molar-refractivity contribution in [2.75, 3.05) is 0 Å². The Hall–Kier alpha value is -0.771. The molecule has 26 heavy (non-hydrogen) atoms. The second-order valence-corrected chi connectivity index (χ2v) is 21.0. The average molecular weight is 461 g/mol. The first-order valence-corrected chi connectivity index (χ1v) is 18.2. The normalized spacial score (nSPS) is 11.9. The molecule has 3 heteroatoms. The van der Waals surface area contributed by atoms with Gasteiger partial charge in [0.15, 0.2) is 0 Å². The number of rotatable bonds is 11. The van der Waals surface area contributed by atoms with Gasteiger partial charge < -0.3 is 0 Å². The quantitative estimate of drug-likeness (QED) is 0.348. The molecule has 0 saturated heterocycles. The predicted octanol–water partition coefficient (Wildman–Crippen LogP) is 6.55. The van der Waals surface area contributed by atoms with Gasteiger partial charge >= 0.3 is 166 Å². The van der Waals surface area contributed by atoms with Crippen LogP contribution >= 0.6 is 0 Å². The van der Waals surface area contributed by atoms with Crippen LogP contribution in [0, 0.1) is 13.8 Å². The second-order valence-electron chi connectivity index (χ2n) is 7.92. The summed E-state index contributed by atoms with van der Waals surface area (Å²) in [5.41, 5.74) is 2.56. The molecule has 0 bridgehead atoms. The van der Waals surface area contributed by atoms with Crippen molar-refractivity contribution in [3.8, 4) is 5.82 Å². The number of hydrogen-bond acceptors (Lipinski definition) is 1. The van der Waals surface area contributed by atoms with Crippen molar-refractivity contribution in [1.29, 1.82) is 0 Å². The molecule has 2 nitrogen and oxygen atoms in total. The summed E-state index contributed by atoms with van der Waals surface area (Å²) < 4.78 is 8.28. The Bertz CT molecular complexity index is 633. The third-order valence-corrected chi connectivity index (χ3v) is 20.9. The molecule has 0 N–H and O–H groups in total. The standard InChI is InChI=1S/C11H11N2.3C4H9.Sn/c1-9-6-7-10(2)13(9)11-5-3-4-8-12-11;3*1-3-4-2;/h3-7H,1-2H3;3*1,3-4H2,2H3;. The molecular formula is C23H38N2Sn. The maximum atomic E-state index is 5.32. The van der Waals surface area contributed by atoms with Crippen molar-refractivity contribution in [1.82, 2.24) is 9.55 Å². The van der Waals surface area contributed by atoms with Gasteiger partial charge in [0.05, 0.1) is 0 Å². The number of pyridine rings is 1. The summed E-state index contributed by atoms with van der Waals surface area (Å²) in [6.07, 6.45) is 8.09. The van der Waals surface area contributed by atoms with E-state index in [2.05, 4.69) is 69.5 Å². The Morgan fingerprint density at radius 3 is 1.73 bits per heavy atom. The van der Waals surface area contributed by atoms with Gasteiger partial charge in [-0.2, -0.15) is 0 Å². The van der Waals surface area contributed by atoms with E-state index >= 15 is 0 Å². The predicted molar refractivity (Wildman–Crippen MR) is 118 cm³/mol. The second kappa shape index (κ2) is 10.5. The zero-order chi connectivity index (χ0) is 19.0. The summed E-state index contributed by atoms with van der Waals surface area (Å²) in [5, 5.41) is 0. The first-order chi connectivity index (χ1) is 12.6. The van der Waals surface area contributed by atoms with Crippen molar-refractivity contribution in [2.24, 2.45) is 0 Å². The van der Waals surface area contributed by atoms with Crippen LogP contribution < -0.4 is 3.71 Å². The van der Waals surface area contributed by atoms with Gasteiger partial charge in [0.2, 0.25) is 0 Å². The molecule has 2 aromatic rings. The molecule has 0 unspecified atom stereocenters. The van der Waals surface area contributed by atoms with Crippen LogP contribution in [0.2, 0.25) is 13.3 Å². The van der Waals surface area contributed by atoms with E-state index in [4.69, 9.17) is 4.98 Å². The van der Waals surface area contributed by atoms with Crippen LogP contribution in [0.3, 0.4) is 0 Å². The molecule has 0 saturated carbocycles. The van der Waals surface area contributed by atoms with Crippen molar-refractivity contribution in [3.05, 3.63) is 41.7 Å². The topological polar surface area (TPSA) is 17.8 Å². The number of nitrogens with zero attached hydrogens (tertiary/aromatic N) is 2. The third kappa shape index (κ3) is 5.15. The van der Waals surface area contributed by atoms with Gasteiger partial charge in [-0.3, -0.25) is 0 Å². The summed E-state index contributed by atoms with van der Waals surface area (Å²) in [4.78, 5) is 5.32. The van der Waals surface area contributed by atoms with E-state index in [0.717, 1.165) is 5.82 Å². The first-order valence-electron chi connectivity index (χ1n) is 10.7. The molecule has 0 aliphatic heterocycles. The van der Waals surface area contributed by atoms with E-state index in [1.165, 1.54) is 66.9 Å².